The Morgan fingerprint density at radius 2 is 2.05 bits per heavy atom. The molecule has 0 spiro atoms. The van der Waals surface area contributed by atoms with Gasteiger partial charge in [0.25, 0.3) is 0 Å². The molecule has 1 amide bonds. The fourth-order valence-electron chi connectivity index (χ4n) is 1.61. The molecule has 0 aliphatic rings. The Balaban J connectivity index is 3.02. The van der Waals surface area contributed by atoms with Crippen molar-refractivity contribution in [3.8, 4) is 0 Å². The number of sulfonamides is 1. The number of anilines is 1. The average molecular weight is 320 g/mol. The molecule has 3 N–H and O–H groups in total. The maximum absolute atomic E-state index is 12.4. The zero-order chi connectivity index (χ0) is 15.5. The highest BCUT2D eigenvalue weighted by Gasteiger charge is 2.27. The predicted molar refractivity (Wildman–Crippen MR) is 79.0 cm³/mol. The molecule has 6 nitrogen and oxygen atoms in total. The van der Waals surface area contributed by atoms with Gasteiger partial charge in [0, 0.05) is 13.1 Å². The van der Waals surface area contributed by atoms with Crippen molar-refractivity contribution in [3.63, 3.8) is 0 Å². The van der Waals surface area contributed by atoms with E-state index in [1.807, 2.05) is 0 Å². The van der Waals surface area contributed by atoms with Gasteiger partial charge in [-0.05, 0) is 26.0 Å². The summed E-state index contributed by atoms with van der Waals surface area (Å²) in [4.78, 5) is 11.5. The molecule has 1 rings (SSSR count). The Kier molecular flexibility index (Phi) is 5.38. The van der Waals surface area contributed by atoms with Gasteiger partial charge in [-0.15, -0.1) is 0 Å². The number of nitrogens with zero attached hydrogens (tertiary/aromatic N) is 1. The number of likely N-dealkylation sites (N-methyl/N-ethyl adjacent to an activating group) is 1. The molecular formula is C12H18ClN3O3S. The van der Waals surface area contributed by atoms with Crippen LogP contribution in [0.5, 0.6) is 0 Å². The van der Waals surface area contributed by atoms with Gasteiger partial charge in [0.15, 0.2) is 0 Å². The van der Waals surface area contributed by atoms with Crippen LogP contribution in [0.4, 0.5) is 5.69 Å². The number of hydrogen-bond acceptors (Lipinski definition) is 4. The van der Waals surface area contributed by atoms with Crippen LogP contribution in [0.25, 0.3) is 0 Å². The number of nitrogens with one attached hydrogen (secondary N) is 1. The maximum Gasteiger partial charge on any atom is 0.246 e. The fraction of sp³-hybridized carbons (Fsp3) is 0.417. The third-order valence-electron chi connectivity index (χ3n) is 2.48. The zero-order valence-electron chi connectivity index (χ0n) is 11.6. The molecule has 0 atom stereocenters. The second-order valence-corrected chi connectivity index (χ2v) is 7.03. The van der Waals surface area contributed by atoms with E-state index in [4.69, 9.17) is 17.3 Å². The topological polar surface area (TPSA) is 92.5 Å². The van der Waals surface area contributed by atoms with E-state index >= 15 is 0 Å². The van der Waals surface area contributed by atoms with Crippen molar-refractivity contribution < 1.29 is 13.2 Å². The molecular weight excluding hydrogens is 302 g/mol. The molecule has 0 unspecified atom stereocenters. The molecule has 112 valence electrons. The molecule has 20 heavy (non-hydrogen) atoms. The maximum atomic E-state index is 12.4. The van der Waals surface area contributed by atoms with Gasteiger partial charge < -0.3 is 11.1 Å². The summed E-state index contributed by atoms with van der Waals surface area (Å²) >= 11 is 5.89. The van der Waals surface area contributed by atoms with Crippen molar-refractivity contribution >= 4 is 33.2 Å². The summed E-state index contributed by atoms with van der Waals surface area (Å²) in [6, 6.07) is 4.37. The average Bonchev–Trinajstić information content (AvgIpc) is 2.26. The molecule has 0 bridgehead atoms. The standard InChI is InChI=1S/C12H18ClN3O3S/c1-8(2)15-11(17)7-16(3)20(18,19)12-9(13)5-4-6-10(12)14/h4-6,8H,7,14H2,1-3H3,(H,15,17). The molecule has 0 fully saturated rings. The van der Waals surface area contributed by atoms with E-state index in [1.54, 1.807) is 19.9 Å². The van der Waals surface area contributed by atoms with Crippen molar-refractivity contribution in [1.82, 2.24) is 9.62 Å². The van der Waals surface area contributed by atoms with Crippen molar-refractivity contribution in [2.75, 3.05) is 19.3 Å². The normalized spacial score (nSPS) is 11.9. The summed E-state index contributed by atoms with van der Waals surface area (Å²) in [5.74, 6) is -0.392. The second-order valence-electron chi connectivity index (χ2n) is 4.64. The largest absolute Gasteiger partial charge is 0.398 e. The lowest BCUT2D eigenvalue weighted by atomic mass is 10.3. The molecule has 0 saturated heterocycles. The van der Waals surface area contributed by atoms with E-state index in [1.165, 1.54) is 19.2 Å². The monoisotopic (exact) mass is 319 g/mol. The number of benzene rings is 1. The third kappa shape index (κ3) is 3.84. The van der Waals surface area contributed by atoms with Crippen LogP contribution < -0.4 is 11.1 Å². The quantitative estimate of drug-likeness (QED) is 0.794. The summed E-state index contributed by atoms with van der Waals surface area (Å²) in [6.07, 6.45) is 0. The second kappa shape index (κ2) is 6.43. The van der Waals surface area contributed by atoms with Gasteiger partial charge in [0.1, 0.15) is 4.90 Å². The summed E-state index contributed by atoms with van der Waals surface area (Å²) < 4.78 is 25.7. The third-order valence-corrected chi connectivity index (χ3v) is 4.83. The molecule has 0 saturated carbocycles. The molecule has 0 radical (unpaired) electrons. The number of carbonyl (C=O) groups excluding carboxylic acids is 1. The van der Waals surface area contributed by atoms with Gasteiger partial charge in [0.05, 0.1) is 17.3 Å². The van der Waals surface area contributed by atoms with Crippen molar-refractivity contribution in [2.45, 2.75) is 24.8 Å². The number of nitrogen functional groups attached to an aromatic ring is 1. The first-order chi connectivity index (χ1) is 9.16. The minimum atomic E-state index is -3.92. The lowest BCUT2D eigenvalue weighted by Gasteiger charge is -2.19. The van der Waals surface area contributed by atoms with Crippen LogP contribution >= 0.6 is 11.6 Å². The summed E-state index contributed by atoms with van der Waals surface area (Å²) in [7, 11) is -2.61. The Labute approximate surface area is 123 Å². The van der Waals surface area contributed by atoms with Gasteiger partial charge in [-0.2, -0.15) is 4.31 Å². The molecule has 1 aromatic rings. The SMILES string of the molecule is CC(C)NC(=O)CN(C)S(=O)(=O)c1c(N)cccc1Cl. The van der Waals surface area contributed by atoms with Gasteiger partial charge in [-0.3, -0.25) is 4.79 Å². The van der Waals surface area contributed by atoms with E-state index in [0.717, 1.165) is 4.31 Å². The van der Waals surface area contributed by atoms with Crippen LogP contribution in [-0.4, -0.2) is 38.3 Å². The van der Waals surface area contributed by atoms with Crippen molar-refractivity contribution in [2.24, 2.45) is 0 Å². The Bertz CT molecular complexity index is 582. The first-order valence-electron chi connectivity index (χ1n) is 5.96. The summed E-state index contributed by atoms with van der Waals surface area (Å²) in [5, 5.41) is 2.65. The molecule has 8 heteroatoms. The van der Waals surface area contributed by atoms with Crippen LogP contribution in [0.3, 0.4) is 0 Å². The molecule has 0 heterocycles. The van der Waals surface area contributed by atoms with Crippen LogP contribution in [0, 0.1) is 0 Å². The van der Waals surface area contributed by atoms with Gasteiger partial charge >= 0.3 is 0 Å². The predicted octanol–water partition coefficient (Wildman–Crippen LogP) is 1.07. The molecule has 0 aliphatic heterocycles. The minimum absolute atomic E-state index is 0.0288. The highest BCUT2D eigenvalue weighted by Crippen LogP contribution is 2.29. The first-order valence-corrected chi connectivity index (χ1v) is 7.77. The molecule has 0 aliphatic carbocycles. The Hall–Kier alpha value is -1.31. The number of halogens is 1. The van der Waals surface area contributed by atoms with E-state index in [9.17, 15) is 13.2 Å². The fourth-order valence-corrected chi connectivity index (χ4v) is 3.36. The van der Waals surface area contributed by atoms with Crippen LogP contribution in [0.15, 0.2) is 23.1 Å². The minimum Gasteiger partial charge on any atom is -0.398 e. The highest BCUT2D eigenvalue weighted by molar-refractivity contribution is 7.89. The number of rotatable bonds is 5. The molecule has 0 aromatic heterocycles. The van der Waals surface area contributed by atoms with Crippen LogP contribution in [0.1, 0.15) is 13.8 Å². The lowest BCUT2D eigenvalue weighted by molar-refractivity contribution is -0.121. The first kappa shape index (κ1) is 16.7. The van der Waals surface area contributed by atoms with Crippen LogP contribution in [0.2, 0.25) is 5.02 Å². The number of hydrogen-bond donors (Lipinski definition) is 2. The van der Waals surface area contributed by atoms with Crippen LogP contribution in [-0.2, 0) is 14.8 Å². The Morgan fingerprint density at radius 3 is 2.55 bits per heavy atom. The van der Waals surface area contributed by atoms with E-state index in [0.29, 0.717) is 0 Å². The summed E-state index contributed by atoms with van der Waals surface area (Å²) in [5.41, 5.74) is 5.72. The van der Waals surface area contributed by atoms with E-state index in [2.05, 4.69) is 5.32 Å². The van der Waals surface area contributed by atoms with E-state index in [-0.39, 0.29) is 28.2 Å². The van der Waals surface area contributed by atoms with Gasteiger partial charge in [-0.1, -0.05) is 17.7 Å². The zero-order valence-corrected chi connectivity index (χ0v) is 13.1. The van der Waals surface area contributed by atoms with Crippen molar-refractivity contribution in [1.29, 1.82) is 0 Å². The summed E-state index contributed by atoms with van der Waals surface area (Å²) in [6.45, 7) is 3.28. The lowest BCUT2D eigenvalue weighted by Crippen LogP contribution is -2.41. The number of carbonyl (C=O) groups is 1. The Morgan fingerprint density at radius 1 is 1.45 bits per heavy atom. The highest BCUT2D eigenvalue weighted by atomic mass is 35.5. The van der Waals surface area contributed by atoms with Gasteiger partial charge in [0.2, 0.25) is 15.9 Å². The van der Waals surface area contributed by atoms with Crippen molar-refractivity contribution in [3.05, 3.63) is 23.2 Å². The number of nitrogens with two attached hydrogens (primary N) is 1. The number of amides is 1. The molecule has 1 aromatic carbocycles. The van der Waals surface area contributed by atoms with E-state index < -0.39 is 15.9 Å². The smallest absolute Gasteiger partial charge is 0.246 e. The van der Waals surface area contributed by atoms with Gasteiger partial charge in [-0.25, -0.2) is 8.42 Å².